The minimum Gasteiger partial charge on any atom is -0.352 e. The highest BCUT2D eigenvalue weighted by molar-refractivity contribution is 5.78. The molecule has 0 spiro atoms. The largest absolute Gasteiger partial charge is 0.352 e. The monoisotopic (exact) mass is 274 g/mol. The van der Waals surface area contributed by atoms with Crippen molar-refractivity contribution in [2.24, 2.45) is 5.92 Å². The van der Waals surface area contributed by atoms with Crippen molar-refractivity contribution >= 4 is 5.91 Å². The van der Waals surface area contributed by atoms with Gasteiger partial charge in [0.15, 0.2) is 0 Å². The van der Waals surface area contributed by atoms with E-state index in [2.05, 4.69) is 61.3 Å². The van der Waals surface area contributed by atoms with E-state index in [9.17, 15) is 4.79 Å². The van der Waals surface area contributed by atoms with Gasteiger partial charge in [0.1, 0.15) is 0 Å². The second kappa shape index (κ2) is 6.89. The van der Waals surface area contributed by atoms with Gasteiger partial charge < -0.3 is 5.32 Å². The van der Waals surface area contributed by atoms with Gasteiger partial charge in [0.05, 0.1) is 6.54 Å². The number of hydrogen-bond donors (Lipinski definition) is 1. The Labute approximate surface area is 122 Å². The summed E-state index contributed by atoms with van der Waals surface area (Å²) in [5.74, 6) is 1.21. The van der Waals surface area contributed by atoms with Gasteiger partial charge in [-0.15, -0.1) is 0 Å². The van der Waals surface area contributed by atoms with E-state index in [1.54, 1.807) is 0 Å². The predicted molar refractivity (Wildman–Crippen MR) is 82.7 cm³/mol. The van der Waals surface area contributed by atoms with Gasteiger partial charge in [-0.05, 0) is 37.3 Å². The zero-order valence-corrected chi connectivity index (χ0v) is 12.8. The molecule has 1 heterocycles. The third-order valence-corrected chi connectivity index (χ3v) is 4.30. The topological polar surface area (TPSA) is 32.3 Å². The van der Waals surface area contributed by atoms with Gasteiger partial charge in [-0.1, -0.05) is 44.2 Å². The average molecular weight is 274 g/mol. The van der Waals surface area contributed by atoms with Gasteiger partial charge in [-0.25, -0.2) is 0 Å². The summed E-state index contributed by atoms with van der Waals surface area (Å²) in [5, 5.41) is 3.08. The summed E-state index contributed by atoms with van der Waals surface area (Å²) in [6.07, 6.45) is 1.15. The summed E-state index contributed by atoms with van der Waals surface area (Å²) >= 11 is 0. The number of likely N-dealkylation sites (tertiary alicyclic amines) is 1. The van der Waals surface area contributed by atoms with Crippen LogP contribution in [-0.4, -0.2) is 36.5 Å². The number of rotatable bonds is 5. The molecular formula is C17H26N2O. The highest BCUT2D eigenvalue weighted by atomic mass is 16.2. The Hall–Kier alpha value is -1.35. The molecular weight excluding hydrogens is 248 g/mol. The smallest absolute Gasteiger partial charge is 0.234 e. The van der Waals surface area contributed by atoms with Gasteiger partial charge in [0, 0.05) is 12.6 Å². The van der Waals surface area contributed by atoms with E-state index in [-0.39, 0.29) is 11.9 Å². The SMILES string of the molecule is CC(C)C(C)NC(=O)CN1CCC(c2ccccc2)C1. The molecule has 0 aliphatic carbocycles. The molecule has 3 nitrogen and oxygen atoms in total. The van der Waals surface area contributed by atoms with Crippen molar-refractivity contribution in [3.05, 3.63) is 35.9 Å². The molecule has 2 unspecified atom stereocenters. The van der Waals surface area contributed by atoms with E-state index in [1.165, 1.54) is 5.56 Å². The lowest BCUT2D eigenvalue weighted by Crippen LogP contribution is -2.42. The molecule has 1 aromatic rings. The van der Waals surface area contributed by atoms with E-state index in [4.69, 9.17) is 0 Å². The summed E-state index contributed by atoms with van der Waals surface area (Å²) in [5.41, 5.74) is 1.39. The molecule has 3 heteroatoms. The molecule has 0 radical (unpaired) electrons. The van der Waals surface area contributed by atoms with Crippen LogP contribution in [0.25, 0.3) is 0 Å². The predicted octanol–water partition coefficient (Wildman–Crippen LogP) is 2.64. The summed E-state index contributed by atoms with van der Waals surface area (Å²) in [6, 6.07) is 10.9. The van der Waals surface area contributed by atoms with Crippen LogP contribution in [0, 0.1) is 5.92 Å². The number of nitrogens with one attached hydrogen (secondary N) is 1. The number of hydrogen-bond acceptors (Lipinski definition) is 2. The van der Waals surface area contributed by atoms with Crippen molar-refractivity contribution in [3.8, 4) is 0 Å². The van der Waals surface area contributed by atoms with Crippen molar-refractivity contribution in [2.75, 3.05) is 19.6 Å². The molecule has 2 rings (SSSR count). The Morgan fingerprint density at radius 2 is 2.00 bits per heavy atom. The number of carbonyl (C=O) groups excluding carboxylic acids is 1. The third-order valence-electron chi connectivity index (χ3n) is 4.30. The van der Waals surface area contributed by atoms with Crippen LogP contribution in [0.2, 0.25) is 0 Å². The fraction of sp³-hybridized carbons (Fsp3) is 0.588. The average Bonchev–Trinajstić information content (AvgIpc) is 2.88. The molecule has 1 N–H and O–H groups in total. The maximum Gasteiger partial charge on any atom is 0.234 e. The molecule has 110 valence electrons. The third kappa shape index (κ3) is 4.07. The van der Waals surface area contributed by atoms with Crippen molar-refractivity contribution in [1.82, 2.24) is 10.2 Å². The lowest BCUT2D eigenvalue weighted by Gasteiger charge is -2.20. The first-order chi connectivity index (χ1) is 9.56. The fourth-order valence-electron chi connectivity index (χ4n) is 2.64. The van der Waals surface area contributed by atoms with Crippen LogP contribution < -0.4 is 5.32 Å². The first-order valence-corrected chi connectivity index (χ1v) is 7.63. The van der Waals surface area contributed by atoms with Gasteiger partial charge in [-0.2, -0.15) is 0 Å². The van der Waals surface area contributed by atoms with Gasteiger partial charge in [-0.3, -0.25) is 9.69 Å². The van der Waals surface area contributed by atoms with Crippen LogP contribution >= 0.6 is 0 Å². The maximum absolute atomic E-state index is 12.0. The molecule has 1 aliphatic heterocycles. The Morgan fingerprint density at radius 1 is 1.30 bits per heavy atom. The maximum atomic E-state index is 12.0. The lowest BCUT2D eigenvalue weighted by molar-refractivity contribution is -0.122. The van der Waals surface area contributed by atoms with Crippen LogP contribution in [0.4, 0.5) is 0 Å². The van der Waals surface area contributed by atoms with E-state index in [0.717, 1.165) is 19.5 Å². The van der Waals surface area contributed by atoms with Crippen LogP contribution in [0.5, 0.6) is 0 Å². The van der Waals surface area contributed by atoms with Crippen LogP contribution in [0.1, 0.15) is 38.7 Å². The number of benzene rings is 1. The molecule has 1 aliphatic rings. The minimum atomic E-state index is 0.153. The first-order valence-electron chi connectivity index (χ1n) is 7.63. The second-order valence-corrected chi connectivity index (χ2v) is 6.23. The minimum absolute atomic E-state index is 0.153. The first kappa shape index (κ1) is 15.0. The number of amides is 1. The van der Waals surface area contributed by atoms with E-state index in [0.29, 0.717) is 18.4 Å². The highest BCUT2D eigenvalue weighted by Gasteiger charge is 2.25. The summed E-state index contributed by atoms with van der Waals surface area (Å²) in [6.45, 7) is 8.87. The zero-order chi connectivity index (χ0) is 14.5. The Morgan fingerprint density at radius 3 is 2.65 bits per heavy atom. The molecule has 1 amide bonds. The fourth-order valence-corrected chi connectivity index (χ4v) is 2.64. The molecule has 2 atom stereocenters. The van der Waals surface area contributed by atoms with Crippen molar-refractivity contribution in [1.29, 1.82) is 0 Å². The normalized spacial score (nSPS) is 21.1. The summed E-state index contributed by atoms with van der Waals surface area (Å²) in [4.78, 5) is 14.3. The van der Waals surface area contributed by atoms with Gasteiger partial charge >= 0.3 is 0 Å². The molecule has 20 heavy (non-hydrogen) atoms. The summed E-state index contributed by atoms with van der Waals surface area (Å²) < 4.78 is 0. The van der Waals surface area contributed by atoms with Crippen LogP contribution in [0.15, 0.2) is 30.3 Å². The molecule has 0 bridgehead atoms. The van der Waals surface area contributed by atoms with E-state index in [1.807, 2.05) is 0 Å². The van der Waals surface area contributed by atoms with Crippen molar-refractivity contribution in [2.45, 2.75) is 39.2 Å². The standard InChI is InChI=1S/C17H26N2O/c1-13(2)14(3)18-17(20)12-19-10-9-16(11-19)15-7-5-4-6-8-15/h4-8,13-14,16H,9-12H2,1-3H3,(H,18,20). The number of carbonyl (C=O) groups is 1. The molecule has 1 fully saturated rings. The Bertz CT molecular complexity index is 430. The Balaban J connectivity index is 1.80. The molecule has 0 aromatic heterocycles. The summed E-state index contributed by atoms with van der Waals surface area (Å²) in [7, 11) is 0. The molecule has 1 aromatic carbocycles. The van der Waals surface area contributed by atoms with Crippen molar-refractivity contribution < 1.29 is 4.79 Å². The van der Waals surface area contributed by atoms with Crippen molar-refractivity contribution in [3.63, 3.8) is 0 Å². The lowest BCUT2D eigenvalue weighted by atomic mass is 9.99. The second-order valence-electron chi connectivity index (χ2n) is 6.23. The molecule has 0 saturated carbocycles. The van der Waals surface area contributed by atoms with Gasteiger partial charge in [0.25, 0.3) is 0 Å². The van der Waals surface area contributed by atoms with Gasteiger partial charge in [0.2, 0.25) is 5.91 Å². The quantitative estimate of drug-likeness (QED) is 0.895. The molecule has 1 saturated heterocycles. The number of nitrogens with zero attached hydrogens (tertiary/aromatic N) is 1. The van der Waals surface area contributed by atoms with Crippen LogP contribution in [-0.2, 0) is 4.79 Å². The van der Waals surface area contributed by atoms with Crippen LogP contribution in [0.3, 0.4) is 0 Å². The highest BCUT2D eigenvalue weighted by Crippen LogP contribution is 2.26. The van der Waals surface area contributed by atoms with E-state index < -0.39 is 0 Å². The Kier molecular flexibility index (Phi) is 5.18. The zero-order valence-electron chi connectivity index (χ0n) is 12.8. The van der Waals surface area contributed by atoms with E-state index >= 15 is 0 Å².